The summed E-state index contributed by atoms with van der Waals surface area (Å²) in [6.45, 7) is 4.14. The number of carboxylic acids is 1. The van der Waals surface area contributed by atoms with Crippen LogP contribution in [0.5, 0.6) is 0 Å². The zero-order valence-electron chi connectivity index (χ0n) is 7.29. The van der Waals surface area contributed by atoms with Crippen LogP contribution in [0.3, 0.4) is 0 Å². The highest BCUT2D eigenvalue weighted by atomic mass is 16.4. The van der Waals surface area contributed by atoms with Crippen molar-refractivity contribution >= 4 is 5.97 Å². The van der Waals surface area contributed by atoms with Gasteiger partial charge in [-0.25, -0.2) is 4.79 Å². The summed E-state index contributed by atoms with van der Waals surface area (Å²) < 4.78 is 0. The molecule has 0 aliphatic heterocycles. The van der Waals surface area contributed by atoms with Crippen LogP contribution in [0.2, 0.25) is 0 Å². The number of nitrogens with one attached hydrogen (secondary N) is 1. The Balaban J connectivity index is 2.84. The van der Waals surface area contributed by atoms with E-state index in [0.717, 1.165) is 12.0 Å². The minimum Gasteiger partial charge on any atom is -0.477 e. The van der Waals surface area contributed by atoms with E-state index in [-0.39, 0.29) is 0 Å². The van der Waals surface area contributed by atoms with Gasteiger partial charge in [0, 0.05) is 6.20 Å². The largest absolute Gasteiger partial charge is 0.477 e. The van der Waals surface area contributed by atoms with Crippen molar-refractivity contribution in [1.82, 2.24) is 4.98 Å². The van der Waals surface area contributed by atoms with E-state index in [0.29, 0.717) is 11.6 Å². The number of carboxylic acid groups (broad SMARTS) is 1. The van der Waals surface area contributed by atoms with Crippen molar-refractivity contribution in [1.29, 1.82) is 0 Å². The molecule has 0 spiro atoms. The standard InChI is InChI=1S/C9H13NO2/c1-6(2)5-7-3-4-10-8(7)9(11)12/h3-4,6,10H,5H2,1-2H3,(H,11,12). The molecule has 2 N–H and O–H groups in total. The summed E-state index contributed by atoms with van der Waals surface area (Å²) in [5.41, 5.74) is 1.21. The van der Waals surface area contributed by atoms with Crippen molar-refractivity contribution in [3.8, 4) is 0 Å². The van der Waals surface area contributed by atoms with Crippen molar-refractivity contribution in [2.24, 2.45) is 5.92 Å². The third-order valence-electron chi connectivity index (χ3n) is 1.68. The van der Waals surface area contributed by atoms with Gasteiger partial charge < -0.3 is 10.1 Å². The molecule has 12 heavy (non-hydrogen) atoms. The number of aromatic carboxylic acids is 1. The molecule has 0 aliphatic carbocycles. The first-order chi connectivity index (χ1) is 5.61. The summed E-state index contributed by atoms with van der Waals surface area (Å²) in [6, 6.07) is 1.82. The van der Waals surface area contributed by atoms with Crippen molar-refractivity contribution < 1.29 is 9.90 Å². The zero-order chi connectivity index (χ0) is 9.14. The lowest BCUT2D eigenvalue weighted by Gasteiger charge is -2.02. The fourth-order valence-electron chi connectivity index (χ4n) is 1.21. The van der Waals surface area contributed by atoms with Gasteiger partial charge in [0.15, 0.2) is 0 Å². The average molecular weight is 167 g/mol. The van der Waals surface area contributed by atoms with Gasteiger partial charge in [-0.15, -0.1) is 0 Å². The second-order valence-electron chi connectivity index (χ2n) is 3.28. The molecule has 0 amide bonds. The molecule has 1 aromatic rings. The van der Waals surface area contributed by atoms with Gasteiger partial charge in [0.2, 0.25) is 0 Å². The van der Waals surface area contributed by atoms with Crippen molar-refractivity contribution in [2.75, 3.05) is 0 Å². The summed E-state index contributed by atoms with van der Waals surface area (Å²) in [5, 5.41) is 8.74. The molecule has 0 saturated carbocycles. The first-order valence-corrected chi connectivity index (χ1v) is 4.00. The third-order valence-corrected chi connectivity index (χ3v) is 1.68. The molecule has 0 fully saturated rings. The first-order valence-electron chi connectivity index (χ1n) is 4.00. The van der Waals surface area contributed by atoms with Crippen LogP contribution in [0.15, 0.2) is 12.3 Å². The van der Waals surface area contributed by atoms with E-state index in [1.807, 2.05) is 6.07 Å². The number of H-pyrrole nitrogens is 1. The number of hydrogen-bond acceptors (Lipinski definition) is 1. The molecule has 1 aromatic heterocycles. The van der Waals surface area contributed by atoms with Gasteiger partial charge >= 0.3 is 5.97 Å². The highest BCUT2D eigenvalue weighted by molar-refractivity contribution is 5.87. The van der Waals surface area contributed by atoms with Crippen LogP contribution in [0.4, 0.5) is 0 Å². The molecule has 0 aliphatic rings. The minimum atomic E-state index is -0.879. The van der Waals surface area contributed by atoms with E-state index >= 15 is 0 Å². The summed E-state index contributed by atoms with van der Waals surface area (Å²) in [6.07, 6.45) is 2.48. The molecule has 66 valence electrons. The van der Waals surface area contributed by atoms with E-state index in [1.165, 1.54) is 0 Å². The van der Waals surface area contributed by atoms with Crippen LogP contribution in [0.1, 0.15) is 29.9 Å². The molecule has 1 rings (SSSR count). The maximum atomic E-state index is 10.6. The molecule has 0 bridgehead atoms. The normalized spacial score (nSPS) is 10.6. The van der Waals surface area contributed by atoms with E-state index in [2.05, 4.69) is 18.8 Å². The number of aromatic amines is 1. The van der Waals surface area contributed by atoms with E-state index in [4.69, 9.17) is 5.11 Å². The summed E-state index contributed by atoms with van der Waals surface area (Å²) in [5.74, 6) is -0.394. The smallest absolute Gasteiger partial charge is 0.352 e. The Morgan fingerprint density at radius 2 is 2.33 bits per heavy atom. The van der Waals surface area contributed by atoms with Crippen LogP contribution < -0.4 is 0 Å². The fraction of sp³-hybridized carbons (Fsp3) is 0.444. The molecule has 0 radical (unpaired) electrons. The van der Waals surface area contributed by atoms with Gasteiger partial charge in [-0.05, 0) is 24.0 Å². The fourth-order valence-corrected chi connectivity index (χ4v) is 1.21. The van der Waals surface area contributed by atoms with Crippen LogP contribution in [0.25, 0.3) is 0 Å². The van der Waals surface area contributed by atoms with Gasteiger partial charge in [0.25, 0.3) is 0 Å². The minimum absolute atomic E-state index is 0.323. The number of aromatic nitrogens is 1. The number of hydrogen-bond donors (Lipinski definition) is 2. The lowest BCUT2D eigenvalue weighted by atomic mass is 10.0. The van der Waals surface area contributed by atoms with Crippen LogP contribution in [-0.4, -0.2) is 16.1 Å². The lowest BCUT2D eigenvalue weighted by Crippen LogP contribution is -2.03. The van der Waals surface area contributed by atoms with E-state index in [1.54, 1.807) is 6.20 Å². The van der Waals surface area contributed by atoms with Crippen LogP contribution >= 0.6 is 0 Å². The Labute approximate surface area is 71.4 Å². The monoisotopic (exact) mass is 167 g/mol. The molecule has 0 saturated heterocycles. The molecule has 0 atom stereocenters. The van der Waals surface area contributed by atoms with E-state index in [9.17, 15) is 4.79 Å². The van der Waals surface area contributed by atoms with Gasteiger partial charge in [-0.3, -0.25) is 0 Å². The SMILES string of the molecule is CC(C)Cc1cc[nH]c1C(=O)O. The lowest BCUT2D eigenvalue weighted by molar-refractivity contribution is 0.0690. The average Bonchev–Trinajstić information content (AvgIpc) is 2.33. The van der Waals surface area contributed by atoms with Crippen molar-refractivity contribution in [3.63, 3.8) is 0 Å². The zero-order valence-corrected chi connectivity index (χ0v) is 7.29. The second kappa shape index (κ2) is 3.43. The first kappa shape index (κ1) is 8.84. The van der Waals surface area contributed by atoms with Gasteiger partial charge in [0.05, 0.1) is 0 Å². The molecule has 0 aromatic carbocycles. The molecule has 1 heterocycles. The number of rotatable bonds is 3. The molecular formula is C9H13NO2. The van der Waals surface area contributed by atoms with Crippen molar-refractivity contribution in [2.45, 2.75) is 20.3 Å². The molecule has 0 unspecified atom stereocenters. The second-order valence-corrected chi connectivity index (χ2v) is 3.28. The topological polar surface area (TPSA) is 53.1 Å². The summed E-state index contributed by atoms with van der Waals surface area (Å²) in [4.78, 5) is 13.3. The molecule has 3 heteroatoms. The molecular weight excluding hydrogens is 154 g/mol. The van der Waals surface area contributed by atoms with Crippen molar-refractivity contribution in [3.05, 3.63) is 23.5 Å². The third kappa shape index (κ3) is 1.87. The Morgan fingerprint density at radius 1 is 1.67 bits per heavy atom. The summed E-state index contributed by atoms with van der Waals surface area (Å²) >= 11 is 0. The highest BCUT2D eigenvalue weighted by Gasteiger charge is 2.11. The predicted molar refractivity (Wildman–Crippen MR) is 46.3 cm³/mol. The Bertz CT molecular complexity index is 276. The quantitative estimate of drug-likeness (QED) is 0.722. The molecule has 3 nitrogen and oxygen atoms in total. The van der Waals surface area contributed by atoms with Gasteiger partial charge in [-0.2, -0.15) is 0 Å². The van der Waals surface area contributed by atoms with E-state index < -0.39 is 5.97 Å². The van der Waals surface area contributed by atoms with Crippen LogP contribution in [-0.2, 0) is 6.42 Å². The Hall–Kier alpha value is -1.25. The summed E-state index contributed by atoms with van der Waals surface area (Å²) in [7, 11) is 0. The number of carbonyl (C=O) groups is 1. The predicted octanol–water partition coefficient (Wildman–Crippen LogP) is 1.91. The maximum Gasteiger partial charge on any atom is 0.352 e. The van der Waals surface area contributed by atoms with Gasteiger partial charge in [-0.1, -0.05) is 13.8 Å². The Kier molecular flexibility index (Phi) is 2.53. The Morgan fingerprint density at radius 3 is 2.83 bits per heavy atom. The maximum absolute atomic E-state index is 10.6. The van der Waals surface area contributed by atoms with Crippen LogP contribution in [0, 0.1) is 5.92 Å². The highest BCUT2D eigenvalue weighted by Crippen LogP contribution is 2.12. The van der Waals surface area contributed by atoms with Gasteiger partial charge in [0.1, 0.15) is 5.69 Å².